The first kappa shape index (κ1) is 67.0. The van der Waals surface area contributed by atoms with E-state index in [0.717, 1.165) is 56.0 Å². The molecule has 0 aliphatic rings. The number of rotatable bonds is 13. The summed E-state index contributed by atoms with van der Waals surface area (Å²) in [7, 11) is 0. The molecule has 0 aliphatic carbocycles. The summed E-state index contributed by atoms with van der Waals surface area (Å²) in [6.45, 7) is 21.8. The molecule has 0 amide bonds. The zero-order valence-corrected chi connectivity index (χ0v) is 58.7. The van der Waals surface area contributed by atoms with Crippen LogP contribution < -0.4 is 0 Å². The Morgan fingerprint density at radius 3 is 1.24 bits per heavy atom. The fraction of sp³-hybridized carbons (Fsp3) is 0.190. The molecule has 0 saturated carbocycles. The average Bonchev–Trinajstić information content (AvgIpc) is 3.56. The van der Waals surface area contributed by atoms with Gasteiger partial charge in [-0.2, -0.15) is 0 Å². The summed E-state index contributed by atoms with van der Waals surface area (Å²) < 4.78 is 0. The third-order valence-electron chi connectivity index (χ3n) is 15.4. The van der Waals surface area contributed by atoms with E-state index in [1.165, 1.54) is 71.3 Å². The first-order chi connectivity index (χ1) is 39.5. The minimum Gasteiger partial charge on any atom is -0.673 e. The van der Waals surface area contributed by atoms with Crippen molar-refractivity contribution in [2.24, 2.45) is 0 Å². The average molecular weight is 1440 g/mol. The standard InChI is InChI=1S/C42H36N2.C33H30N2.C2H6.2CH3.2Hf/c1-27(2)31-21-12-22-32(28(3)4)41(31)44-42(38-26-30-15-6-8-18-34(30)35-19-9-10-20-36(35)38)40-25-13-24-39(43-40)37-23-11-16-29-14-5-7-17-33(29)37;1-22(2)26-18-9-13-24(4)32(26)35-33(27-16-7-5-12-23(27)3)31-21-11-20-30(34-31)29-19-10-15-25-14-6-8-17-28(25)29;1-2;;;;/h5-22,24-28,42H,1-4H3;5-18,20-22,33H,1-4H3;1-2H3;2*1H3;;/q2*-2;;2*-1;;. The van der Waals surface area contributed by atoms with Crippen molar-refractivity contribution in [2.45, 2.75) is 99.1 Å². The van der Waals surface area contributed by atoms with Gasteiger partial charge in [0, 0.05) is 63.1 Å². The number of para-hydroxylation sites is 2. The molecule has 428 valence electrons. The van der Waals surface area contributed by atoms with Gasteiger partial charge in [-0.25, -0.2) is 0 Å². The van der Waals surface area contributed by atoms with Gasteiger partial charge in [-0.05, 0) is 99.9 Å². The van der Waals surface area contributed by atoms with Gasteiger partial charge in [-0.3, -0.25) is 0 Å². The van der Waals surface area contributed by atoms with E-state index in [2.05, 4.69) is 280 Å². The van der Waals surface area contributed by atoms with Gasteiger partial charge in [0.25, 0.3) is 0 Å². The Labute approximate surface area is 545 Å². The molecule has 0 N–H and O–H groups in total. The molecule has 2 unspecified atom stereocenters. The third-order valence-corrected chi connectivity index (χ3v) is 15.4. The monoisotopic (exact) mass is 1440 g/mol. The van der Waals surface area contributed by atoms with Crippen LogP contribution in [0.25, 0.3) is 76.2 Å². The summed E-state index contributed by atoms with van der Waals surface area (Å²) in [6.07, 6.45) is 0. The van der Waals surface area contributed by atoms with Crippen LogP contribution >= 0.6 is 0 Å². The van der Waals surface area contributed by atoms with Gasteiger partial charge < -0.3 is 35.5 Å². The summed E-state index contributed by atoms with van der Waals surface area (Å²) in [4.78, 5) is 10.6. The molecule has 0 bridgehead atoms. The maximum absolute atomic E-state index is 5.72. The predicted molar refractivity (Wildman–Crippen MR) is 358 cm³/mol. The van der Waals surface area contributed by atoms with E-state index < -0.39 is 0 Å². The van der Waals surface area contributed by atoms with Crippen LogP contribution in [0.3, 0.4) is 0 Å². The van der Waals surface area contributed by atoms with Crippen molar-refractivity contribution >= 4 is 54.5 Å². The van der Waals surface area contributed by atoms with Gasteiger partial charge >= 0.3 is 0 Å². The van der Waals surface area contributed by atoms with E-state index >= 15 is 0 Å². The van der Waals surface area contributed by atoms with E-state index in [0.29, 0.717) is 17.8 Å². The topological polar surface area (TPSA) is 54.0 Å². The number of benzene rings is 10. The second-order valence-corrected chi connectivity index (χ2v) is 21.7. The van der Waals surface area contributed by atoms with Gasteiger partial charge in [-0.15, -0.1) is 69.7 Å². The number of nitrogens with zero attached hydrogens (tertiary/aromatic N) is 4. The normalized spacial score (nSPS) is 11.5. The summed E-state index contributed by atoms with van der Waals surface area (Å²) in [6, 6.07) is 85.4. The van der Waals surface area contributed by atoms with Crippen LogP contribution in [0.4, 0.5) is 11.4 Å². The predicted octanol–water partition coefficient (Wildman–Crippen LogP) is 23.2. The maximum Gasteiger partial charge on any atom is 0.0196 e. The fourth-order valence-corrected chi connectivity index (χ4v) is 11.3. The Kier molecular flexibility index (Phi) is 24.3. The van der Waals surface area contributed by atoms with Crippen LogP contribution in [0, 0.1) is 40.8 Å². The third kappa shape index (κ3) is 14.6. The molecule has 4 nitrogen and oxygen atoms in total. The quantitative estimate of drug-likeness (QED) is 0.0656. The molecule has 0 spiro atoms. The Balaban J connectivity index is 0.000000259. The Morgan fingerprint density at radius 2 is 0.718 bits per heavy atom. The van der Waals surface area contributed by atoms with Crippen LogP contribution in [0.1, 0.15) is 136 Å². The van der Waals surface area contributed by atoms with Crippen molar-refractivity contribution in [3.8, 4) is 22.5 Å². The molecule has 2 heterocycles. The summed E-state index contributed by atoms with van der Waals surface area (Å²) >= 11 is 0. The van der Waals surface area contributed by atoms with Crippen LogP contribution in [-0.4, -0.2) is 9.97 Å². The molecular formula is C79H78Hf2N4-6. The molecule has 6 heteroatoms. The number of hydrogen-bond acceptors (Lipinski definition) is 2. The molecule has 2 atom stereocenters. The number of aryl methyl sites for hydroxylation is 2. The van der Waals surface area contributed by atoms with E-state index in [4.69, 9.17) is 20.6 Å². The molecule has 85 heavy (non-hydrogen) atoms. The van der Waals surface area contributed by atoms with Crippen LogP contribution in [0.2, 0.25) is 0 Å². The first-order valence-electron chi connectivity index (χ1n) is 28.9. The number of hydrogen-bond donors (Lipinski definition) is 0. The van der Waals surface area contributed by atoms with E-state index in [9.17, 15) is 0 Å². The summed E-state index contributed by atoms with van der Waals surface area (Å²) in [5.41, 5.74) is 16.4. The molecule has 10 aromatic carbocycles. The number of aromatic nitrogens is 2. The molecular weight excluding hydrogens is 1360 g/mol. The van der Waals surface area contributed by atoms with Gasteiger partial charge in [-0.1, -0.05) is 282 Å². The van der Waals surface area contributed by atoms with Crippen molar-refractivity contribution in [3.05, 3.63) is 312 Å². The van der Waals surface area contributed by atoms with Crippen molar-refractivity contribution in [3.63, 3.8) is 0 Å². The second kappa shape index (κ2) is 30.8. The van der Waals surface area contributed by atoms with E-state index in [1.54, 1.807) is 0 Å². The van der Waals surface area contributed by atoms with E-state index in [1.807, 2.05) is 26.0 Å². The fourth-order valence-electron chi connectivity index (χ4n) is 11.3. The summed E-state index contributed by atoms with van der Waals surface area (Å²) in [5, 5.41) is 20.7. The maximum atomic E-state index is 5.72. The molecule has 0 aliphatic heterocycles. The first-order valence-corrected chi connectivity index (χ1v) is 28.9. The molecule has 0 fully saturated rings. The van der Waals surface area contributed by atoms with Gasteiger partial charge in [0.2, 0.25) is 0 Å². The minimum absolute atomic E-state index is 0. The molecule has 12 rings (SSSR count). The molecule has 0 radical (unpaired) electrons. The van der Waals surface area contributed by atoms with Crippen molar-refractivity contribution in [2.75, 3.05) is 0 Å². The van der Waals surface area contributed by atoms with Gasteiger partial charge in [0.05, 0.1) is 0 Å². The van der Waals surface area contributed by atoms with Crippen molar-refractivity contribution in [1.29, 1.82) is 0 Å². The summed E-state index contributed by atoms with van der Waals surface area (Å²) in [5.74, 6) is 1.06. The van der Waals surface area contributed by atoms with Crippen LogP contribution in [-0.2, 0) is 51.7 Å². The van der Waals surface area contributed by atoms with Gasteiger partial charge in [0.1, 0.15) is 0 Å². The largest absolute Gasteiger partial charge is 0.673 e. The molecule has 2 aromatic heterocycles. The molecule has 0 saturated heterocycles. The zero-order valence-electron chi connectivity index (χ0n) is 51.5. The van der Waals surface area contributed by atoms with E-state index in [-0.39, 0.29) is 78.6 Å². The minimum atomic E-state index is -0.308. The Morgan fingerprint density at radius 1 is 0.341 bits per heavy atom. The SMILES string of the molecule is CC.CC(C)c1cccc(C(C)C)c1[N-]C(c1cccc(-c2[c-]ccc3ccccc23)n1)c1cc2ccccc2c2ccccc12.Cc1ccccc1C([N-]c1c(C)cccc1C(C)C)c1cccc(-c2[c-]ccc3ccccc23)n1.[CH3-].[CH3-].[Hf].[Hf]. The number of pyridine rings is 2. The van der Waals surface area contributed by atoms with Crippen LogP contribution in [0.15, 0.2) is 224 Å². The van der Waals surface area contributed by atoms with Crippen LogP contribution in [0.5, 0.6) is 0 Å². The zero-order chi connectivity index (χ0) is 56.6. The van der Waals surface area contributed by atoms with Crippen molar-refractivity contribution in [1.82, 2.24) is 9.97 Å². The number of fused-ring (bicyclic) bond motifs is 5. The Hall–Kier alpha value is -7.12. The second-order valence-electron chi connectivity index (χ2n) is 21.7. The Bertz CT molecular complexity index is 4110. The smallest absolute Gasteiger partial charge is 0.0196 e. The molecule has 12 aromatic rings. The van der Waals surface area contributed by atoms with Gasteiger partial charge in [0.15, 0.2) is 0 Å². The van der Waals surface area contributed by atoms with Crippen molar-refractivity contribution < 1.29 is 51.7 Å².